The molecule has 0 saturated heterocycles. The number of benzene rings is 2. The van der Waals surface area contributed by atoms with Crippen LogP contribution >= 0.6 is 12.4 Å². The molecule has 1 atom stereocenters. The summed E-state index contributed by atoms with van der Waals surface area (Å²) in [6, 6.07) is 8.38. The van der Waals surface area contributed by atoms with Crippen molar-refractivity contribution in [3.63, 3.8) is 0 Å². The minimum absolute atomic E-state index is 0. The van der Waals surface area contributed by atoms with Gasteiger partial charge in [-0.15, -0.1) is 12.4 Å². The first-order chi connectivity index (χ1) is 22.8. The number of aromatic nitrogens is 2. The van der Waals surface area contributed by atoms with Gasteiger partial charge in [-0.1, -0.05) is 12.1 Å². The molecule has 49 heavy (non-hydrogen) atoms. The van der Waals surface area contributed by atoms with Crippen LogP contribution in [0.15, 0.2) is 47.8 Å². The maximum absolute atomic E-state index is 14.4. The van der Waals surface area contributed by atoms with Crippen molar-refractivity contribution in [1.29, 1.82) is 0 Å². The van der Waals surface area contributed by atoms with Crippen molar-refractivity contribution < 1.29 is 29.4 Å². The number of carbonyl (C=O) groups excluding carboxylic acids is 2. The molecule has 0 radical (unpaired) electrons. The number of rotatable bonds is 6. The zero-order valence-corrected chi connectivity index (χ0v) is 28.0. The number of anilines is 2. The molecule has 3 aliphatic rings. The molecular formula is C33H32ClN9O6. The number of allylic oxidation sites excluding steroid dienone is 1. The van der Waals surface area contributed by atoms with Crippen molar-refractivity contribution >= 4 is 80.5 Å². The van der Waals surface area contributed by atoms with Gasteiger partial charge in [0.05, 0.1) is 50.6 Å². The second kappa shape index (κ2) is 11.7. The van der Waals surface area contributed by atoms with Crippen LogP contribution in [0.3, 0.4) is 0 Å². The fraction of sp³-hybridized carbons (Fsp3) is 0.212. The van der Waals surface area contributed by atoms with Gasteiger partial charge in [-0.2, -0.15) is 0 Å². The fourth-order valence-electron chi connectivity index (χ4n) is 6.72. The van der Waals surface area contributed by atoms with Crippen LogP contribution in [0.25, 0.3) is 33.0 Å². The van der Waals surface area contributed by atoms with Crippen molar-refractivity contribution in [2.45, 2.75) is 19.9 Å². The number of nitrogens with one attached hydrogen (secondary N) is 4. The van der Waals surface area contributed by atoms with Crippen LogP contribution in [0.1, 0.15) is 43.2 Å². The molecule has 0 aliphatic carbocycles. The number of carboxylic acid groups (broad SMARTS) is 2. The predicted octanol–water partition coefficient (Wildman–Crippen LogP) is 2.98. The molecule has 15 nitrogen and oxygen atoms in total. The molecule has 1 unspecified atom stereocenters. The third-order valence-electron chi connectivity index (χ3n) is 8.48. The molecule has 0 spiro atoms. The molecular weight excluding hydrogens is 654 g/mol. The fourth-order valence-corrected chi connectivity index (χ4v) is 6.72. The summed E-state index contributed by atoms with van der Waals surface area (Å²) in [5, 5.41) is 29.8. The molecule has 8 bridgehead atoms. The van der Waals surface area contributed by atoms with Crippen LogP contribution < -0.4 is 21.6 Å². The number of pyridine rings is 2. The van der Waals surface area contributed by atoms with Crippen LogP contribution in [-0.4, -0.2) is 93.2 Å². The third-order valence-corrected chi connectivity index (χ3v) is 8.48. The number of nitrogens with zero attached hydrogens (tertiary/aromatic N) is 5. The molecule has 16 heteroatoms. The smallest absolute Gasteiger partial charge is 0.354 e. The second-order valence-corrected chi connectivity index (χ2v) is 12.2. The Hall–Kier alpha value is -5.77. The summed E-state index contributed by atoms with van der Waals surface area (Å²) >= 11 is 0. The lowest BCUT2D eigenvalue weighted by Gasteiger charge is -2.40. The molecule has 4 aromatic rings. The standard InChI is InChI=1S/C33H31N9O6.ClH/c1-13-21-25(37-40(3)4)17-11-15(7-9-19(17)34-13)23-27(36-30(21)43)24-16-8-10-20-18(12-16)26(38-41(5)6)22(14(2)35-20)31(44)39-42(28(23)32(45)46)29(24)33(47)48;/h7-12,29H,1-6H3,(H,34,37)(H,35,38)(H,36,43)(H,39,44)(H,45,46)(H,47,48);1H. The number of hydrogen-bond donors (Lipinski definition) is 6. The van der Waals surface area contributed by atoms with Crippen LogP contribution in [0, 0.1) is 13.8 Å². The van der Waals surface area contributed by atoms with Gasteiger partial charge in [-0.05, 0) is 49.2 Å². The number of amides is 2. The Labute approximate surface area is 285 Å². The highest BCUT2D eigenvalue weighted by Gasteiger charge is 2.46. The average molecular weight is 686 g/mol. The zero-order chi connectivity index (χ0) is 34.3. The molecule has 5 heterocycles. The number of hydrazine groups is 3. The summed E-state index contributed by atoms with van der Waals surface area (Å²) in [4.78, 5) is 64.5. The van der Waals surface area contributed by atoms with E-state index >= 15 is 0 Å². The van der Waals surface area contributed by atoms with E-state index in [9.17, 15) is 29.4 Å². The predicted molar refractivity (Wildman–Crippen MR) is 184 cm³/mol. The lowest BCUT2D eigenvalue weighted by Crippen LogP contribution is -2.56. The van der Waals surface area contributed by atoms with E-state index in [-0.39, 0.29) is 40.4 Å². The van der Waals surface area contributed by atoms with E-state index in [0.717, 1.165) is 5.01 Å². The highest BCUT2D eigenvalue weighted by Crippen LogP contribution is 2.45. The number of carbonyl (C=O) groups is 4. The van der Waals surface area contributed by atoms with Gasteiger partial charge in [0.25, 0.3) is 11.8 Å². The number of aryl methyl sites for hydroxylation is 2. The first-order valence-corrected chi connectivity index (χ1v) is 14.9. The van der Waals surface area contributed by atoms with Crippen molar-refractivity contribution in [2.24, 2.45) is 0 Å². The van der Waals surface area contributed by atoms with Crippen molar-refractivity contribution in [3.8, 4) is 0 Å². The van der Waals surface area contributed by atoms with Gasteiger partial charge in [0.1, 0.15) is 0 Å². The summed E-state index contributed by atoms with van der Waals surface area (Å²) in [7, 11) is 7.01. The quantitative estimate of drug-likeness (QED) is 0.163. The third kappa shape index (κ3) is 5.06. The zero-order valence-electron chi connectivity index (χ0n) is 27.2. The monoisotopic (exact) mass is 685 g/mol. The van der Waals surface area contributed by atoms with E-state index in [2.05, 4.69) is 31.6 Å². The molecule has 0 fully saturated rings. The summed E-state index contributed by atoms with van der Waals surface area (Å²) in [5.74, 6) is -4.40. The van der Waals surface area contributed by atoms with Gasteiger partial charge in [-0.25, -0.2) is 19.6 Å². The highest BCUT2D eigenvalue weighted by atomic mass is 35.5. The Morgan fingerprint density at radius 2 is 1.33 bits per heavy atom. The number of carboxylic acids is 2. The largest absolute Gasteiger partial charge is 0.479 e. The Kier molecular flexibility index (Phi) is 7.93. The van der Waals surface area contributed by atoms with Crippen molar-refractivity contribution in [1.82, 2.24) is 35.7 Å². The van der Waals surface area contributed by atoms with Crippen LogP contribution in [0.2, 0.25) is 0 Å². The normalized spacial score (nSPS) is 16.5. The Morgan fingerprint density at radius 3 is 1.84 bits per heavy atom. The number of halogens is 1. The maximum atomic E-state index is 14.4. The Morgan fingerprint density at radius 1 is 0.816 bits per heavy atom. The van der Waals surface area contributed by atoms with Gasteiger partial charge in [0.15, 0.2) is 11.7 Å². The summed E-state index contributed by atoms with van der Waals surface area (Å²) in [6.07, 6.45) is 0. The van der Waals surface area contributed by atoms with Crippen LogP contribution in [0.5, 0.6) is 0 Å². The minimum Gasteiger partial charge on any atom is -0.479 e. The van der Waals surface area contributed by atoms with Gasteiger partial charge >= 0.3 is 11.9 Å². The molecule has 6 N–H and O–H groups in total. The molecule has 2 aromatic heterocycles. The SMILES string of the molecule is Cc1nc2ccc3cc2c(NN(C)C)c1C(=O)NC1=C2c4ccc5nc(C)c(c(NN(C)C)c5c4)C(=O)NN(C(C(=O)O)=C13)C2C(=O)O.Cl. The van der Waals surface area contributed by atoms with Crippen molar-refractivity contribution in [3.05, 3.63) is 81.4 Å². The Balaban J connectivity index is 0.00000417. The van der Waals surface area contributed by atoms with E-state index < -0.39 is 35.5 Å². The van der Waals surface area contributed by atoms with E-state index in [4.69, 9.17) is 0 Å². The molecule has 2 aromatic carbocycles. The minimum atomic E-state index is -1.77. The molecule has 0 saturated carbocycles. The van der Waals surface area contributed by atoms with E-state index in [1.54, 1.807) is 88.5 Å². The highest BCUT2D eigenvalue weighted by molar-refractivity contribution is 6.17. The van der Waals surface area contributed by atoms with E-state index in [1.165, 1.54) is 0 Å². The van der Waals surface area contributed by atoms with E-state index in [0.29, 0.717) is 55.7 Å². The summed E-state index contributed by atoms with van der Waals surface area (Å²) in [6.45, 7) is 3.33. The molecule has 2 amide bonds. The first kappa shape index (κ1) is 33.1. The summed E-state index contributed by atoms with van der Waals surface area (Å²) < 4.78 is 0. The number of aliphatic carboxylic acids is 2. The molecule has 7 rings (SSSR count). The molecule has 3 aliphatic heterocycles. The Bertz CT molecular complexity index is 2250. The van der Waals surface area contributed by atoms with Gasteiger partial charge in [0, 0.05) is 50.1 Å². The van der Waals surface area contributed by atoms with Gasteiger partial charge in [0.2, 0.25) is 0 Å². The molecule has 252 valence electrons. The van der Waals surface area contributed by atoms with Crippen molar-refractivity contribution in [2.75, 3.05) is 39.0 Å². The number of fused-ring (bicyclic) bond motifs is 9. The maximum Gasteiger partial charge on any atom is 0.354 e. The second-order valence-electron chi connectivity index (χ2n) is 12.2. The van der Waals surface area contributed by atoms with E-state index in [1.807, 2.05) is 0 Å². The lowest BCUT2D eigenvalue weighted by atomic mass is 9.84. The van der Waals surface area contributed by atoms with Crippen LogP contribution in [-0.2, 0) is 9.59 Å². The summed E-state index contributed by atoms with van der Waals surface area (Å²) in [5.41, 5.74) is 12.1. The first-order valence-electron chi connectivity index (χ1n) is 14.9. The topological polar surface area (TPSA) is 192 Å². The van der Waals surface area contributed by atoms with Crippen LogP contribution in [0.4, 0.5) is 11.4 Å². The van der Waals surface area contributed by atoms with Gasteiger partial charge < -0.3 is 26.4 Å². The lowest BCUT2D eigenvalue weighted by molar-refractivity contribution is -0.142. The average Bonchev–Trinajstić information content (AvgIpc) is 3.00. The number of hydrogen-bond acceptors (Lipinski definition) is 11. The van der Waals surface area contributed by atoms with Gasteiger partial charge in [-0.3, -0.25) is 30.0 Å².